The Kier molecular flexibility index (Phi) is 6.25. The number of ether oxygens (including phenoxy) is 2. The van der Waals surface area contributed by atoms with E-state index in [1.807, 2.05) is 6.08 Å². The van der Waals surface area contributed by atoms with Crippen molar-refractivity contribution in [3.8, 4) is 0 Å². The fourth-order valence-corrected chi connectivity index (χ4v) is 3.55. The summed E-state index contributed by atoms with van der Waals surface area (Å²) in [7, 11) is 0. The van der Waals surface area contributed by atoms with E-state index in [-0.39, 0.29) is 0 Å². The van der Waals surface area contributed by atoms with Gasteiger partial charge < -0.3 is 14.0 Å². The van der Waals surface area contributed by atoms with E-state index in [4.69, 9.17) is 9.47 Å². The molecule has 2 atom stereocenters. The van der Waals surface area contributed by atoms with Crippen LogP contribution in [0.1, 0.15) is 33.6 Å². The van der Waals surface area contributed by atoms with Crippen molar-refractivity contribution in [3.63, 3.8) is 0 Å². The second-order valence-electron chi connectivity index (χ2n) is 7.94. The van der Waals surface area contributed by atoms with E-state index in [2.05, 4.69) is 39.5 Å². The fraction of sp³-hybridized carbons (Fsp3) is 0.789. The molecule has 1 saturated heterocycles. The second-order valence-corrected chi connectivity index (χ2v) is 7.94. The standard InChI is InChI=1S/C19H34NO2/c1-5-10-20(11-14-21-15-12-20)13-16-22-18-8-6-17(7-9-18)19(2,3)4/h5-6,8,17-18H,1,7,9-16H2,2-4H3/q+1. The third-order valence-corrected chi connectivity index (χ3v) is 5.27. The quantitative estimate of drug-likeness (QED) is 0.553. The largest absolute Gasteiger partial charge is 0.370 e. The molecule has 3 heteroatoms. The van der Waals surface area contributed by atoms with Gasteiger partial charge in [0.2, 0.25) is 0 Å². The summed E-state index contributed by atoms with van der Waals surface area (Å²) in [5.74, 6) is 0.686. The Morgan fingerprint density at radius 3 is 2.50 bits per heavy atom. The molecule has 0 N–H and O–H groups in total. The van der Waals surface area contributed by atoms with E-state index >= 15 is 0 Å². The lowest BCUT2D eigenvalue weighted by molar-refractivity contribution is -0.930. The Labute approximate surface area is 136 Å². The van der Waals surface area contributed by atoms with Gasteiger partial charge in [-0.05, 0) is 30.3 Å². The highest BCUT2D eigenvalue weighted by Crippen LogP contribution is 2.34. The molecule has 0 saturated carbocycles. The molecule has 1 aliphatic heterocycles. The zero-order valence-electron chi connectivity index (χ0n) is 14.7. The first-order valence-corrected chi connectivity index (χ1v) is 8.79. The van der Waals surface area contributed by atoms with Crippen LogP contribution in [0.25, 0.3) is 0 Å². The van der Waals surface area contributed by atoms with Crippen LogP contribution in [0.4, 0.5) is 0 Å². The van der Waals surface area contributed by atoms with Crippen molar-refractivity contribution in [2.75, 3.05) is 46.0 Å². The van der Waals surface area contributed by atoms with Crippen LogP contribution in [-0.4, -0.2) is 56.6 Å². The first kappa shape index (κ1) is 17.7. The molecule has 1 fully saturated rings. The van der Waals surface area contributed by atoms with Crippen LogP contribution < -0.4 is 0 Å². The molecule has 0 aromatic carbocycles. The van der Waals surface area contributed by atoms with Crippen molar-refractivity contribution in [3.05, 3.63) is 24.8 Å². The third-order valence-electron chi connectivity index (χ3n) is 5.27. The molecule has 0 aromatic heterocycles. The Balaban J connectivity index is 1.77. The van der Waals surface area contributed by atoms with Gasteiger partial charge in [-0.3, -0.25) is 0 Å². The summed E-state index contributed by atoms with van der Waals surface area (Å²) in [6, 6.07) is 0. The first-order chi connectivity index (χ1) is 10.5. The molecular weight excluding hydrogens is 274 g/mol. The molecule has 126 valence electrons. The van der Waals surface area contributed by atoms with Gasteiger partial charge >= 0.3 is 0 Å². The van der Waals surface area contributed by atoms with Gasteiger partial charge in [-0.25, -0.2) is 0 Å². The number of allylic oxidation sites excluding steroid dienone is 1. The molecule has 1 aliphatic carbocycles. The smallest absolute Gasteiger partial charge is 0.103 e. The van der Waals surface area contributed by atoms with Crippen LogP contribution in [0.15, 0.2) is 24.8 Å². The van der Waals surface area contributed by atoms with E-state index in [9.17, 15) is 0 Å². The minimum atomic E-state index is 0.309. The third kappa shape index (κ3) is 4.94. The van der Waals surface area contributed by atoms with Gasteiger partial charge in [-0.2, -0.15) is 0 Å². The van der Waals surface area contributed by atoms with Gasteiger partial charge in [0.15, 0.2) is 0 Å². The number of morpholine rings is 1. The van der Waals surface area contributed by atoms with Crippen molar-refractivity contribution in [1.29, 1.82) is 0 Å². The Morgan fingerprint density at radius 2 is 1.95 bits per heavy atom. The lowest BCUT2D eigenvalue weighted by atomic mass is 9.75. The summed E-state index contributed by atoms with van der Waals surface area (Å²) in [6.45, 7) is 17.7. The normalized spacial score (nSPS) is 28.5. The molecule has 0 amide bonds. The lowest BCUT2D eigenvalue weighted by Gasteiger charge is -2.41. The number of nitrogens with zero attached hydrogens (tertiary/aromatic N) is 1. The predicted octanol–water partition coefficient (Wildman–Crippen LogP) is 3.42. The maximum absolute atomic E-state index is 6.14. The SMILES string of the molecule is C=CC[N+]1(CCOC2C=CC(C(C)(C)C)CC2)CCOCC1. The van der Waals surface area contributed by atoms with Crippen LogP contribution in [0.5, 0.6) is 0 Å². The lowest BCUT2D eigenvalue weighted by Crippen LogP contribution is -2.56. The van der Waals surface area contributed by atoms with E-state index in [1.165, 1.54) is 6.42 Å². The summed E-state index contributed by atoms with van der Waals surface area (Å²) < 4.78 is 12.7. The van der Waals surface area contributed by atoms with Crippen molar-refractivity contribution in [2.24, 2.45) is 11.3 Å². The van der Waals surface area contributed by atoms with E-state index in [0.29, 0.717) is 17.4 Å². The van der Waals surface area contributed by atoms with Crippen molar-refractivity contribution in [2.45, 2.75) is 39.7 Å². The summed E-state index contributed by atoms with van der Waals surface area (Å²) in [5, 5.41) is 0. The minimum Gasteiger partial charge on any atom is -0.370 e. The first-order valence-electron chi connectivity index (χ1n) is 8.79. The second kappa shape index (κ2) is 7.76. The van der Waals surface area contributed by atoms with Gasteiger partial charge in [-0.1, -0.05) is 39.5 Å². The van der Waals surface area contributed by atoms with Crippen molar-refractivity contribution >= 4 is 0 Å². The highest BCUT2D eigenvalue weighted by Gasteiger charge is 2.30. The van der Waals surface area contributed by atoms with Crippen molar-refractivity contribution < 1.29 is 14.0 Å². The molecule has 2 rings (SSSR count). The Hall–Kier alpha value is -0.640. The van der Waals surface area contributed by atoms with E-state index < -0.39 is 0 Å². The summed E-state index contributed by atoms with van der Waals surface area (Å²) in [5.41, 5.74) is 0.370. The highest BCUT2D eigenvalue weighted by atomic mass is 16.5. The molecular formula is C19H34NO2+. The van der Waals surface area contributed by atoms with Gasteiger partial charge in [0.05, 0.1) is 32.5 Å². The number of hydrogen-bond acceptors (Lipinski definition) is 2. The van der Waals surface area contributed by atoms with Crippen LogP contribution >= 0.6 is 0 Å². The number of hydrogen-bond donors (Lipinski definition) is 0. The number of quaternary nitrogens is 1. The van der Waals surface area contributed by atoms with E-state index in [1.54, 1.807) is 0 Å². The Bertz CT molecular complexity index is 377. The molecule has 2 aliphatic rings. The van der Waals surface area contributed by atoms with Crippen LogP contribution in [0.3, 0.4) is 0 Å². The zero-order chi connectivity index (χ0) is 16.1. The van der Waals surface area contributed by atoms with Crippen LogP contribution in [0.2, 0.25) is 0 Å². The van der Waals surface area contributed by atoms with Crippen LogP contribution in [-0.2, 0) is 9.47 Å². The average Bonchev–Trinajstić information content (AvgIpc) is 2.48. The summed E-state index contributed by atoms with van der Waals surface area (Å²) in [6.07, 6.45) is 9.41. The average molecular weight is 308 g/mol. The molecule has 0 aromatic rings. The number of rotatable bonds is 6. The van der Waals surface area contributed by atoms with Gasteiger partial charge in [0.1, 0.15) is 19.6 Å². The van der Waals surface area contributed by atoms with Gasteiger partial charge in [0, 0.05) is 0 Å². The summed E-state index contributed by atoms with van der Waals surface area (Å²) >= 11 is 0. The topological polar surface area (TPSA) is 18.5 Å². The maximum Gasteiger partial charge on any atom is 0.103 e. The minimum absolute atomic E-state index is 0.309. The van der Waals surface area contributed by atoms with E-state index in [0.717, 1.165) is 56.9 Å². The van der Waals surface area contributed by atoms with Crippen LogP contribution in [0, 0.1) is 11.3 Å². The molecule has 0 spiro atoms. The maximum atomic E-state index is 6.14. The molecule has 1 heterocycles. The molecule has 0 bridgehead atoms. The highest BCUT2D eigenvalue weighted by molar-refractivity contribution is 5.02. The van der Waals surface area contributed by atoms with Gasteiger partial charge in [0.25, 0.3) is 0 Å². The summed E-state index contributed by atoms with van der Waals surface area (Å²) in [4.78, 5) is 0. The molecule has 3 nitrogen and oxygen atoms in total. The molecule has 22 heavy (non-hydrogen) atoms. The fourth-order valence-electron chi connectivity index (χ4n) is 3.55. The molecule has 2 unspecified atom stereocenters. The zero-order valence-corrected chi connectivity index (χ0v) is 14.7. The van der Waals surface area contributed by atoms with Gasteiger partial charge in [-0.15, -0.1) is 0 Å². The van der Waals surface area contributed by atoms with Crippen molar-refractivity contribution in [1.82, 2.24) is 0 Å². The molecule has 0 radical (unpaired) electrons. The monoisotopic (exact) mass is 308 g/mol. The predicted molar refractivity (Wildman–Crippen MR) is 91.8 cm³/mol. The Morgan fingerprint density at radius 1 is 1.23 bits per heavy atom.